The van der Waals surface area contributed by atoms with Crippen LogP contribution in [0.5, 0.6) is 0 Å². The minimum Gasteiger partial charge on any atom is -0.481 e. The maximum atomic E-state index is 11.3. The fraction of sp³-hybridized carbons (Fsp3) is 0.333. The predicted molar refractivity (Wildman–Crippen MR) is 74.2 cm³/mol. The smallest absolute Gasteiger partial charge is 0.316 e. The van der Waals surface area contributed by atoms with Crippen LogP contribution in [-0.4, -0.2) is 21.0 Å². The third-order valence-corrected chi connectivity index (χ3v) is 3.41. The van der Waals surface area contributed by atoms with Crippen molar-refractivity contribution >= 4 is 5.97 Å². The first-order valence-corrected chi connectivity index (χ1v) is 6.20. The zero-order valence-electron chi connectivity index (χ0n) is 11.6. The van der Waals surface area contributed by atoms with Gasteiger partial charge in [0.05, 0.1) is 5.69 Å². The van der Waals surface area contributed by atoms with Crippen molar-refractivity contribution in [3.8, 4) is 11.3 Å². The predicted octanol–water partition coefficient (Wildman–Crippen LogP) is 3.06. The number of aromatic nitrogens is 2. The van der Waals surface area contributed by atoms with Gasteiger partial charge in [-0.3, -0.25) is 4.79 Å². The number of aromatic amines is 1. The zero-order chi connectivity index (χ0) is 14.2. The van der Waals surface area contributed by atoms with Crippen molar-refractivity contribution in [2.75, 3.05) is 0 Å². The Balaban J connectivity index is 2.55. The van der Waals surface area contributed by atoms with Gasteiger partial charge in [0.2, 0.25) is 0 Å². The molecule has 0 unspecified atom stereocenters. The monoisotopic (exact) mass is 258 g/mol. The van der Waals surface area contributed by atoms with Gasteiger partial charge < -0.3 is 10.1 Å². The van der Waals surface area contributed by atoms with Gasteiger partial charge in [-0.1, -0.05) is 24.3 Å². The highest BCUT2D eigenvalue weighted by atomic mass is 16.4. The molecule has 2 N–H and O–H groups in total. The molecule has 1 aromatic heterocycles. The summed E-state index contributed by atoms with van der Waals surface area (Å²) in [6.45, 7) is 7.23. The van der Waals surface area contributed by atoms with Crippen molar-refractivity contribution in [2.45, 2.75) is 33.1 Å². The fourth-order valence-electron chi connectivity index (χ4n) is 1.96. The largest absolute Gasteiger partial charge is 0.481 e. The van der Waals surface area contributed by atoms with Crippen LogP contribution >= 0.6 is 0 Å². The SMILES string of the molecule is Cc1ccccc1-c1nc(C(C)(C)C(=O)O)[nH]c1C. The van der Waals surface area contributed by atoms with E-state index in [9.17, 15) is 9.90 Å². The van der Waals surface area contributed by atoms with Gasteiger partial charge >= 0.3 is 5.97 Å². The number of benzene rings is 1. The first-order valence-electron chi connectivity index (χ1n) is 6.20. The number of H-pyrrole nitrogens is 1. The molecule has 4 heteroatoms. The Labute approximate surface area is 112 Å². The van der Waals surface area contributed by atoms with E-state index in [1.54, 1.807) is 13.8 Å². The number of hydrogen-bond acceptors (Lipinski definition) is 2. The van der Waals surface area contributed by atoms with E-state index < -0.39 is 11.4 Å². The molecule has 0 radical (unpaired) electrons. The van der Waals surface area contributed by atoms with Gasteiger partial charge in [-0.25, -0.2) is 4.98 Å². The molecule has 1 heterocycles. The number of carbonyl (C=O) groups is 1. The lowest BCUT2D eigenvalue weighted by Gasteiger charge is -2.15. The molecule has 0 aliphatic heterocycles. The minimum atomic E-state index is -1.02. The molecule has 0 aliphatic rings. The molecule has 2 aromatic rings. The molecule has 0 saturated heterocycles. The number of rotatable bonds is 3. The average molecular weight is 258 g/mol. The molecule has 0 bridgehead atoms. The maximum absolute atomic E-state index is 11.3. The summed E-state index contributed by atoms with van der Waals surface area (Å²) in [5.41, 5.74) is 2.84. The lowest BCUT2D eigenvalue weighted by atomic mass is 9.93. The topological polar surface area (TPSA) is 66.0 Å². The van der Waals surface area contributed by atoms with Crippen molar-refractivity contribution in [2.24, 2.45) is 0 Å². The van der Waals surface area contributed by atoms with Crippen LogP contribution in [0, 0.1) is 13.8 Å². The Hall–Kier alpha value is -2.10. The fourth-order valence-corrected chi connectivity index (χ4v) is 1.96. The van der Waals surface area contributed by atoms with Crippen LogP contribution < -0.4 is 0 Å². The zero-order valence-corrected chi connectivity index (χ0v) is 11.6. The van der Waals surface area contributed by atoms with E-state index in [1.165, 1.54) is 0 Å². The summed E-state index contributed by atoms with van der Waals surface area (Å²) < 4.78 is 0. The number of nitrogens with zero attached hydrogens (tertiary/aromatic N) is 1. The Morgan fingerprint density at radius 2 is 1.89 bits per heavy atom. The number of carboxylic acid groups (broad SMARTS) is 1. The van der Waals surface area contributed by atoms with Crippen LogP contribution in [0.2, 0.25) is 0 Å². The molecule has 0 saturated carbocycles. The minimum absolute atomic E-state index is 0.482. The third kappa shape index (κ3) is 2.26. The summed E-state index contributed by atoms with van der Waals surface area (Å²) in [5.74, 6) is -0.409. The second kappa shape index (κ2) is 4.53. The lowest BCUT2D eigenvalue weighted by Crippen LogP contribution is -2.29. The van der Waals surface area contributed by atoms with Crippen molar-refractivity contribution in [1.82, 2.24) is 9.97 Å². The molecule has 4 nitrogen and oxygen atoms in total. The molecule has 0 fully saturated rings. The molecule has 1 aromatic carbocycles. The number of hydrogen-bond donors (Lipinski definition) is 2. The number of carboxylic acids is 1. The van der Waals surface area contributed by atoms with Gasteiger partial charge in [0.15, 0.2) is 0 Å². The van der Waals surface area contributed by atoms with E-state index >= 15 is 0 Å². The number of nitrogens with one attached hydrogen (secondary N) is 1. The molecular formula is C15H18N2O2. The Bertz CT molecular complexity index is 627. The van der Waals surface area contributed by atoms with Crippen LogP contribution in [0.25, 0.3) is 11.3 Å². The normalized spacial score (nSPS) is 11.6. The first-order chi connectivity index (χ1) is 8.84. The maximum Gasteiger partial charge on any atom is 0.316 e. The van der Waals surface area contributed by atoms with Crippen LogP contribution in [0.15, 0.2) is 24.3 Å². The van der Waals surface area contributed by atoms with Crippen LogP contribution in [0.4, 0.5) is 0 Å². The summed E-state index contributed by atoms with van der Waals surface area (Å²) in [4.78, 5) is 18.9. The molecular weight excluding hydrogens is 240 g/mol. The van der Waals surface area contributed by atoms with Gasteiger partial charge in [-0.2, -0.15) is 0 Å². The van der Waals surface area contributed by atoms with Gasteiger partial charge in [-0.15, -0.1) is 0 Å². The summed E-state index contributed by atoms with van der Waals surface area (Å²) >= 11 is 0. The highest BCUT2D eigenvalue weighted by Gasteiger charge is 2.33. The van der Waals surface area contributed by atoms with E-state index in [0.717, 1.165) is 22.5 Å². The molecule has 19 heavy (non-hydrogen) atoms. The van der Waals surface area contributed by atoms with E-state index in [4.69, 9.17) is 0 Å². The Morgan fingerprint density at radius 1 is 1.26 bits per heavy atom. The van der Waals surface area contributed by atoms with E-state index in [-0.39, 0.29) is 0 Å². The molecule has 0 aliphatic carbocycles. The summed E-state index contributed by atoms with van der Waals surface area (Å²) in [7, 11) is 0. The van der Waals surface area contributed by atoms with Crippen molar-refractivity contribution in [1.29, 1.82) is 0 Å². The van der Waals surface area contributed by atoms with Crippen molar-refractivity contribution < 1.29 is 9.90 Å². The molecule has 2 rings (SSSR count). The summed E-state index contributed by atoms with van der Waals surface area (Å²) in [6.07, 6.45) is 0. The lowest BCUT2D eigenvalue weighted by molar-refractivity contribution is -0.142. The van der Waals surface area contributed by atoms with E-state index in [1.807, 2.05) is 38.1 Å². The van der Waals surface area contributed by atoms with Gasteiger partial charge in [-0.05, 0) is 33.3 Å². The molecule has 0 spiro atoms. The summed E-state index contributed by atoms with van der Waals surface area (Å²) in [5, 5.41) is 9.26. The standard InChI is InChI=1S/C15H18N2O2/c1-9-7-5-6-8-11(9)12-10(2)16-13(17-12)15(3,4)14(18)19/h5-8H,1-4H3,(H,16,17)(H,18,19). The van der Waals surface area contributed by atoms with Crippen LogP contribution in [0.1, 0.15) is 30.9 Å². The second-order valence-electron chi connectivity index (χ2n) is 5.30. The van der Waals surface area contributed by atoms with Gasteiger partial charge in [0.1, 0.15) is 11.2 Å². The van der Waals surface area contributed by atoms with Crippen molar-refractivity contribution in [3.05, 3.63) is 41.3 Å². The van der Waals surface area contributed by atoms with E-state index in [2.05, 4.69) is 9.97 Å². The van der Waals surface area contributed by atoms with Crippen molar-refractivity contribution in [3.63, 3.8) is 0 Å². The van der Waals surface area contributed by atoms with Gasteiger partial charge in [0.25, 0.3) is 0 Å². The molecule has 0 atom stereocenters. The second-order valence-corrected chi connectivity index (χ2v) is 5.30. The van der Waals surface area contributed by atoms with Gasteiger partial charge in [0, 0.05) is 11.3 Å². The average Bonchev–Trinajstić information content (AvgIpc) is 2.72. The quantitative estimate of drug-likeness (QED) is 0.889. The molecule has 100 valence electrons. The third-order valence-electron chi connectivity index (χ3n) is 3.41. The highest BCUT2D eigenvalue weighted by molar-refractivity contribution is 5.79. The number of aryl methyl sites for hydroxylation is 2. The van der Waals surface area contributed by atoms with E-state index in [0.29, 0.717) is 5.82 Å². The Morgan fingerprint density at radius 3 is 2.47 bits per heavy atom. The number of imidazole rings is 1. The first kappa shape index (κ1) is 13.3. The molecule has 0 amide bonds. The van der Waals surface area contributed by atoms with Crippen LogP contribution in [0.3, 0.4) is 0 Å². The van der Waals surface area contributed by atoms with Crippen LogP contribution in [-0.2, 0) is 10.2 Å². The highest BCUT2D eigenvalue weighted by Crippen LogP contribution is 2.28. The number of aliphatic carboxylic acids is 1. The Kier molecular flexibility index (Phi) is 3.18. The summed E-state index contributed by atoms with van der Waals surface area (Å²) in [6, 6.07) is 7.95.